The Kier molecular flexibility index (Phi) is 4.04. The van der Waals surface area contributed by atoms with Crippen molar-refractivity contribution in [2.75, 3.05) is 0 Å². The number of hydrogen-bond donors (Lipinski definition) is 0. The Morgan fingerprint density at radius 3 is 2.50 bits per heavy atom. The van der Waals surface area contributed by atoms with Gasteiger partial charge in [-0.05, 0) is 31.2 Å². The van der Waals surface area contributed by atoms with E-state index in [0.29, 0.717) is 5.56 Å². The highest BCUT2D eigenvalue weighted by Crippen LogP contribution is 2.29. The maximum atomic E-state index is 13.9. The van der Waals surface area contributed by atoms with Gasteiger partial charge in [-0.25, -0.2) is 8.78 Å². The van der Waals surface area contributed by atoms with Crippen molar-refractivity contribution >= 4 is 0 Å². The van der Waals surface area contributed by atoms with Crippen molar-refractivity contribution in [3.8, 4) is 34.1 Å². The van der Waals surface area contributed by atoms with E-state index in [4.69, 9.17) is 4.52 Å². The summed E-state index contributed by atoms with van der Waals surface area (Å²) < 4.78 is 34.8. The number of rotatable bonds is 4. The fraction of sp³-hybridized carbons (Fsp3) is 0.105. The maximum Gasteiger partial charge on any atom is 0.264 e. The average Bonchev–Trinajstić information content (AvgIpc) is 3.31. The van der Waals surface area contributed by atoms with Crippen molar-refractivity contribution in [1.29, 1.82) is 0 Å². The van der Waals surface area contributed by atoms with E-state index in [1.165, 1.54) is 6.07 Å². The molecular weight excluding hydrogens is 338 g/mol. The van der Waals surface area contributed by atoms with E-state index in [9.17, 15) is 8.78 Å². The van der Waals surface area contributed by atoms with Gasteiger partial charge in [0, 0.05) is 23.9 Å². The Bertz CT molecular complexity index is 1050. The zero-order valence-corrected chi connectivity index (χ0v) is 13.9. The first-order chi connectivity index (χ1) is 12.7. The predicted octanol–water partition coefficient (Wildman–Crippen LogP) is 4.57. The van der Waals surface area contributed by atoms with Crippen molar-refractivity contribution < 1.29 is 13.3 Å². The van der Waals surface area contributed by atoms with Crippen LogP contribution in [0.25, 0.3) is 34.1 Å². The quantitative estimate of drug-likeness (QED) is 0.540. The molecule has 0 unspecified atom stereocenters. The molecule has 130 valence electrons. The lowest BCUT2D eigenvalue weighted by atomic mass is 10.1. The van der Waals surface area contributed by atoms with E-state index in [-0.39, 0.29) is 17.3 Å². The van der Waals surface area contributed by atoms with E-state index in [1.54, 1.807) is 6.20 Å². The summed E-state index contributed by atoms with van der Waals surface area (Å²) in [6.45, 7) is 2.75. The third kappa shape index (κ3) is 2.77. The smallest absolute Gasteiger partial charge is 0.264 e. The van der Waals surface area contributed by atoms with Crippen molar-refractivity contribution in [1.82, 2.24) is 19.9 Å². The van der Waals surface area contributed by atoms with Gasteiger partial charge in [0.05, 0.1) is 5.69 Å². The number of aromatic nitrogens is 4. The summed E-state index contributed by atoms with van der Waals surface area (Å²) in [5.74, 6) is -1.44. The molecule has 0 N–H and O–H groups in total. The molecule has 0 amide bonds. The Labute approximate surface area is 147 Å². The summed E-state index contributed by atoms with van der Waals surface area (Å²) in [5, 5.41) is 8.13. The minimum absolute atomic E-state index is 0.195. The highest BCUT2D eigenvalue weighted by atomic mass is 19.1. The average molecular weight is 352 g/mol. The van der Waals surface area contributed by atoms with Gasteiger partial charge in [-0.15, -0.1) is 0 Å². The first-order valence-corrected chi connectivity index (χ1v) is 8.08. The van der Waals surface area contributed by atoms with Crippen molar-refractivity contribution in [3.05, 3.63) is 66.4 Å². The van der Waals surface area contributed by atoms with Crippen LogP contribution in [0.1, 0.15) is 6.92 Å². The van der Waals surface area contributed by atoms with Gasteiger partial charge in [-0.1, -0.05) is 29.4 Å². The third-order valence-electron chi connectivity index (χ3n) is 4.04. The number of aryl methyl sites for hydroxylation is 1. The summed E-state index contributed by atoms with van der Waals surface area (Å²) in [6.07, 6.45) is 1.74. The third-order valence-corrected chi connectivity index (χ3v) is 4.04. The molecule has 0 spiro atoms. The summed E-state index contributed by atoms with van der Waals surface area (Å²) in [4.78, 5) is 4.16. The zero-order chi connectivity index (χ0) is 18.1. The second-order valence-corrected chi connectivity index (χ2v) is 5.63. The first kappa shape index (κ1) is 16.1. The lowest BCUT2D eigenvalue weighted by Gasteiger charge is -2.05. The summed E-state index contributed by atoms with van der Waals surface area (Å²) in [6, 6.07) is 13.0. The molecule has 0 aliphatic rings. The molecule has 0 aliphatic carbocycles. The van der Waals surface area contributed by atoms with Gasteiger partial charge in [0.2, 0.25) is 5.82 Å². The summed E-state index contributed by atoms with van der Waals surface area (Å²) >= 11 is 0. The van der Waals surface area contributed by atoms with Crippen LogP contribution in [0.2, 0.25) is 0 Å². The molecule has 4 rings (SSSR count). The lowest BCUT2D eigenvalue weighted by molar-refractivity contribution is 0.426. The van der Waals surface area contributed by atoms with Gasteiger partial charge < -0.3 is 4.52 Å². The van der Waals surface area contributed by atoms with E-state index < -0.39 is 11.6 Å². The van der Waals surface area contributed by atoms with Gasteiger partial charge in [-0.3, -0.25) is 4.68 Å². The van der Waals surface area contributed by atoms with Crippen molar-refractivity contribution in [2.24, 2.45) is 0 Å². The number of benzene rings is 2. The van der Waals surface area contributed by atoms with Crippen LogP contribution in [-0.2, 0) is 6.54 Å². The molecule has 0 bridgehead atoms. The van der Waals surface area contributed by atoms with Crippen LogP contribution in [0.3, 0.4) is 0 Å². The molecule has 0 saturated carbocycles. The van der Waals surface area contributed by atoms with Gasteiger partial charge in [-0.2, -0.15) is 10.1 Å². The predicted molar refractivity (Wildman–Crippen MR) is 92.0 cm³/mol. The maximum absolute atomic E-state index is 13.9. The number of nitrogens with zero attached hydrogens (tertiary/aromatic N) is 4. The molecule has 2 aromatic carbocycles. The van der Waals surface area contributed by atoms with Crippen molar-refractivity contribution in [3.63, 3.8) is 0 Å². The molecule has 2 aromatic heterocycles. The molecule has 4 aromatic rings. The van der Waals surface area contributed by atoms with Crippen LogP contribution in [-0.4, -0.2) is 19.9 Å². The van der Waals surface area contributed by atoms with Crippen molar-refractivity contribution in [2.45, 2.75) is 13.5 Å². The van der Waals surface area contributed by atoms with Crippen LogP contribution >= 0.6 is 0 Å². The molecule has 0 saturated heterocycles. The SMILES string of the molecule is CCn1nccc1-c1cccc(-c2noc(-c3c(F)cccc3F)n2)c1. The molecule has 0 atom stereocenters. The monoisotopic (exact) mass is 352 g/mol. The normalized spacial score (nSPS) is 11.0. The minimum Gasteiger partial charge on any atom is -0.333 e. The van der Waals surface area contributed by atoms with E-state index in [2.05, 4.69) is 15.2 Å². The van der Waals surface area contributed by atoms with Crippen LogP contribution in [0.15, 0.2) is 59.3 Å². The van der Waals surface area contributed by atoms with E-state index >= 15 is 0 Å². The Balaban J connectivity index is 1.74. The molecular formula is C19H14F2N4O. The topological polar surface area (TPSA) is 56.7 Å². The number of hydrogen-bond acceptors (Lipinski definition) is 4. The second-order valence-electron chi connectivity index (χ2n) is 5.63. The lowest BCUT2D eigenvalue weighted by Crippen LogP contribution is -1.98. The summed E-state index contributed by atoms with van der Waals surface area (Å²) in [5.41, 5.74) is 2.24. The number of halogens is 2. The minimum atomic E-state index is -0.749. The zero-order valence-electron chi connectivity index (χ0n) is 13.9. The van der Waals surface area contributed by atoms with Crippen LogP contribution in [0.5, 0.6) is 0 Å². The molecule has 26 heavy (non-hydrogen) atoms. The molecule has 2 heterocycles. The van der Waals surface area contributed by atoms with E-state index in [0.717, 1.165) is 29.9 Å². The van der Waals surface area contributed by atoms with Gasteiger partial charge in [0.25, 0.3) is 5.89 Å². The largest absolute Gasteiger partial charge is 0.333 e. The molecule has 5 nitrogen and oxygen atoms in total. The van der Waals surface area contributed by atoms with Crippen LogP contribution in [0, 0.1) is 11.6 Å². The van der Waals surface area contributed by atoms with Gasteiger partial charge in [0.1, 0.15) is 17.2 Å². The molecule has 0 fully saturated rings. The Morgan fingerprint density at radius 2 is 1.73 bits per heavy atom. The molecule has 0 radical (unpaired) electrons. The van der Waals surface area contributed by atoms with Gasteiger partial charge >= 0.3 is 0 Å². The fourth-order valence-corrected chi connectivity index (χ4v) is 2.79. The molecule has 0 aliphatic heterocycles. The highest BCUT2D eigenvalue weighted by Gasteiger charge is 2.19. The summed E-state index contributed by atoms with van der Waals surface area (Å²) in [7, 11) is 0. The Morgan fingerprint density at radius 1 is 1.00 bits per heavy atom. The first-order valence-electron chi connectivity index (χ1n) is 8.08. The standard InChI is InChI=1S/C19H14F2N4O/c1-2-25-16(9-10-22-25)12-5-3-6-13(11-12)18-23-19(26-24-18)17-14(20)7-4-8-15(17)21/h3-11H,2H2,1H3. The van der Waals surface area contributed by atoms with Crippen LogP contribution in [0.4, 0.5) is 8.78 Å². The second kappa shape index (κ2) is 6.51. The van der Waals surface area contributed by atoms with E-state index in [1.807, 2.05) is 41.9 Å². The molecule has 7 heteroatoms. The van der Waals surface area contributed by atoms with Crippen LogP contribution < -0.4 is 0 Å². The highest BCUT2D eigenvalue weighted by molar-refractivity contribution is 5.69. The fourth-order valence-electron chi connectivity index (χ4n) is 2.79. The Hall–Kier alpha value is -3.35. The van der Waals surface area contributed by atoms with Gasteiger partial charge in [0.15, 0.2) is 0 Å².